The number of benzene rings is 1. The second kappa shape index (κ2) is 6.63. The molecule has 0 atom stereocenters. The summed E-state index contributed by atoms with van der Waals surface area (Å²) in [5.74, 6) is 2.03. The largest absolute Gasteiger partial charge is 0.497 e. The minimum Gasteiger partial charge on any atom is -0.497 e. The molecule has 0 spiro atoms. The van der Waals surface area contributed by atoms with Gasteiger partial charge in [-0.05, 0) is 31.7 Å². The predicted octanol–water partition coefficient (Wildman–Crippen LogP) is 2.09. The number of hydrogen-bond acceptors (Lipinski definition) is 4. The van der Waals surface area contributed by atoms with Crippen LogP contribution in [0.4, 0.5) is 5.82 Å². The number of aryl methyl sites for hydroxylation is 2. The van der Waals surface area contributed by atoms with E-state index in [1.165, 1.54) is 11.1 Å². The van der Waals surface area contributed by atoms with E-state index in [0.717, 1.165) is 30.4 Å². The van der Waals surface area contributed by atoms with Crippen LogP contribution in [-0.4, -0.2) is 31.0 Å². The summed E-state index contributed by atoms with van der Waals surface area (Å²) in [6.07, 6.45) is 0. The third-order valence-electron chi connectivity index (χ3n) is 3.58. The van der Waals surface area contributed by atoms with Gasteiger partial charge in [-0.1, -0.05) is 12.1 Å². The van der Waals surface area contributed by atoms with Gasteiger partial charge in [-0.3, -0.25) is 4.68 Å². The van der Waals surface area contributed by atoms with E-state index in [-0.39, 0.29) is 0 Å². The number of nitrogens with zero attached hydrogens (tertiary/aromatic N) is 3. The van der Waals surface area contributed by atoms with E-state index in [1.54, 1.807) is 7.11 Å². The number of methoxy groups -OCH3 is 1. The molecule has 5 nitrogen and oxygen atoms in total. The van der Waals surface area contributed by atoms with Crippen LogP contribution < -0.4 is 15.0 Å². The average molecular weight is 288 g/mol. The van der Waals surface area contributed by atoms with Crippen LogP contribution in [0, 0.1) is 6.92 Å². The molecule has 0 radical (unpaired) electrons. The van der Waals surface area contributed by atoms with E-state index >= 15 is 0 Å². The Kier molecular flexibility index (Phi) is 4.85. The summed E-state index contributed by atoms with van der Waals surface area (Å²) in [5, 5.41) is 7.75. The van der Waals surface area contributed by atoms with Crippen molar-refractivity contribution in [2.75, 3.05) is 26.1 Å². The predicted molar refractivity (Wildman–Crippen MR) is 85.8 cm³/mol. The van der Waals surface area contributed by atoms with Crippen molar-refractivity contribution in [1.29, 1.82) is 0 Å². The van der Waals surface area contributed by atoms with Gasteiger partial charge in [-0.2, -0.15) is 5.10 Å². The fraction of sp³-hybridized carbons (Fsp3) is 0.438. The fourth-order valence-electron chi connectivity index (χ4n) is 2.67. The Hall–Kier alpha value is -2.01. The standard InChI is InChI=1S/C16H24N4O/c1-12-15(10-17-2)16(20(4)18-12)19(3)11-13-7-6-8-14(9-13)21-5/h6-9,17H,10-11H2,1-5H3. The zero-order chi connectivity index (χ0) is 15.4. The molecule has 0 fully saturated rings. The Bertz CT molecular complexity index is 606. The van der Waals surface area contributed by atoms with E-state index in [0.29, 0.717) is 0 Å². The summed E-state index contributed by atoms with van der Waals surface area (Å²) in [4.78, 5) is 2.22. The summed E-state index contributed by atoms with van der Waals surface area (Å²) >= 11 is 0. The quantitative estimate of drug-likeness (QED) is 0.884. The highest BCUT2D eigenvalue weighted by atomic mass is 16.5. The maximum absolute atomic E-state index is 5.29. The minimum atomic E-state index is 0.812. The highest BCUT2D eigenvalue weighted by Gasteiger charge is 2.16. The molecule has 0 saturated carbocycles. The average Bonchev–Trinajstić information content (AvgIpc) is 2.74. The molecule has 1 aromatic carbocycles. The van der Waals surface area contributed by atoms with Crippen molar-refractivity contribution in [3.05, 3.63) is 41.1 Å². The van der Waals surface area contributed by atoms with Crippen molar-refractivity contribution < 1.29 is 4.74 Å². The molecule has 0 amide bonds. The summed E-state index contributed by atoms with van der Waals surface area (Å²) in [5.41, 5.74) is 3.52. The number of anilines is 1. The molecular formula is C16H24N4O. The van der Waals surface area contributed by atoms with Crippen LogP contribution in [-0.2, 0) is 20.1 Å². The van der Waals surface area contributed by atoms with E-state index in [1.807, 2.05) is 30.9 Å². The zero-order valence-electron chi connectivity index (χ0n) is 13.5. The molecule has 2 aromatic rings. The van der Waals surface area contributed by atoms with Crippen LogP contribution in [0.25, 0.3) is 0 Å². The molecule has 1 heterocycles. The molecule has 0 aliphatic carbocycles. The molecule has 0 saturated heterocycles. The summed E-state index contributed by atoms with van der Waals surface area (Å²) in [7, 11) is 7.73. The number of nitrogens with one attached hydrogen (secondary N) is 1. The SMILES string of the molecule is CNCc1c(C)nn(C)c1N(C)Cc1cccc(OC)c1. The lowest BCUT2D eigenvalue weighted by Crippen LogP contribution is -2.22. The summed E-state index contributed by atoms with van der Waals surface area (Å²) in [6, 6.07) is 8.16. The van der Waals surface area contributed by atoms with Crippen LogP contribution in [0.15, 0.2) is 24.3 Å². The Morgan fingerprint density at radius 1 is 1.38 bits per heavy atom. The van der Waals surface area contributed by atoms with Crippen LogP contribution in [0.3, 0.4) is 0 Å². The summed E-state index contributed by atoms with van der Waals surface area (Å²) in [6.45, 7) is 3.68. The van der Waals surface area contributed by atoms with Gasteiger partial charge >= 0.3 is 0 Å². The van der Waals surface area contributed by atoms with Gasteiger partial charge in [0.1, 0.15) is 11.6 Å². The van der Waals surface area contributed by atoms with Crippen molar-refractivity contribution in [2.45, 2.75) is 20.0 Å². The molecule has 5 heteroatoms. The van der Waals surface area contributed by atoms with Gasteiger partial charge in [0, 0.05) is 32.7 Å². The maximum atomic E-state index is 5.29. The Labute approximate surface area is 126 Å². The third kappa shape index (κ3) is 3.36. The second-order valence-electron chi connectivity index (χ2n) is 5.25. The molecular weight excluding hydrogens is 264 g/mol. The first-order chi connectivity index (χ1) is 10.1. The van der Waals surface area contributed by atoms with E-state index < -0.39 is 0 Å². The molecule has 21 heavy (non-hydrogen) atoms. The van der Waals surface area contributed by atoms with Crippen molar-refractivity contribution in [1.82, 2.24) is 15.1 Å². The summed E-state index contributed by atoms with van der Waals surface area (Å²) < 4.78 is 7.23. The molecule has 114 valence electrons. The fourth-order valence-corrected chi connectivity index (χ4v) is 2.67. The third-order valence-corrected chi connectivity index (χ3v) is 3.58. The van der Waals surface area contributed by atoms with Crippen LogP contribution in [0.2, 0.25) is 0 Å². The molecule has 0 bridgehead atoms. The molecule has 1 N–H and O–H groups in total. The van der Waals surface area contributed by atoms with Gasteiger partial charge in [0.2, 0.25) is 0 Å². The van der Waals surface area contributed by atoms with Crippen molar-refractivity contribution >= 4 is 5.82 Å². The van der Waals surface area contributed by atoms with Gasteiger partial charge in [-0.25, -0.2) is 0 Å². The molecule has 2 rings (SSSR count). The molecule has 1 aromatic heterocycles. The molecule has 0 aliphatic heterocycles. The lowest BCUT2D eigenvalue weighted by molar-refractivity contribution is 0.414. The van der Waals surface area contributed by atoms with Crippen molar-refractivity contribution in [3.8, 4) is 5.75 Å². The van der Waals surface area contributed by atoms with E-state index in [9.17, 15) is 0 Å². The normalized spacial score (nSPS) is 10.7. The number of aromatic nitrogens is 2. The molecule has 0 aliphatic rings. The lowest BCUT2D eigenvalue weighted by Gasteiger charge is -2.21. The first-order valence-electron chi connectivity index (χ1n) is 7.08. The second-order valence-corrected chi connectivity index (χ2v) is 5.25. The monoisotopic (exact) mass is 288 g/mol. The van der Waals surface area contributed by atoms with E-state index in [2.05, 4.69) is 41.4 Å². The Morgan fingerprint density at radius 2 is 2.14 bits per heavy atom. The van der Waals surface area contributed by atoms with Gasteiger partial charge in [0.15, 0.2) is 0 Å². The van der Waals surface area contributed by atoms with Crippen molar-refractivity contribution in [3.63, 3.8) is 0 Å². The Morgan fingerprint density at radius 3 is 2.81 bits per heavy atom. The number of rotatable bonds is 6. The first kappa shape index (κ1) is 15.4. The maximum Gasteiger partial charge on any atom is 0.131 e. The number of ether oxygens (including phenoxy) is 1. The lowest BCUT2D eigenvalue weighted by atomic mass is 10.2. The van der Waals surface area contributed by atoms with Crippen molar-refractivity contribution in [2.24, 2.45) is 7.05 Å². The van der Waals surface area contributed by atoms with Gasteiger partial charge < -0.3 is 15.0 Å². The van der Waals surface area contributed by atoms with Gasteiger partial charge in [0.05, 0.1) is 12.8 Å². The van der Waals surface area contributed by atoms with Gasteiger partial charge in [-0.15, -0.1) is 0 Å². The van der Waals surface area contributed by atoms with Crippen LogP contribution >= 0.6 is 0 Å². The topological polar surface area (TPSA) is 42.3 Å². The zero-order valence-corrected chi connectivity index (χ0v) is 13.5. The van der Waals surface area contributed by atoms with Gasteiger partial charge in [0.25, 0.3) is 0 Å². The van der Waals surface area contributed by atoms with Crippen LogP contribution in [0.5, 0.6) is 5.75 Å². The Balaban J connectivity index is 2.25. The minimum absolute atomic E-state index is 0.812. The number of hydrogen-bond donors (Lipinski definition) is 1. The highest BCUT2D eigenvalue weighted by Crippen LogP contribution is 2.24. The molecule has 0 unspecified atom stereocenters. The smallest absolute Gasteiger partial charge is 0.131 e. The van der Waals surface area contributed by atoms with Crippen LogP contribution in [0.1, 0.15) is 16.8 Å². The van der Waals surface area contributed by atoms with E-state index in [4.69, 9.17) is 4.74 Å². The first-order valence-corrected chi connectivity index (χ1v) is 7.08. The highest BCUT2D eigenvalue weighted by molar-refractivity contribution is 5.50.